The largest absolute Gasteiger partial charge is 0.301 e. The molecule has 3 aromatic carbocycles. The van der Waals surface area contributed by atoms with Crippen LogP contribution in [0.2, 0.25) is 0 Å². The molecular weight excluding hydrogens is 502 g/mol. The van der Waals surface area contributed by atoms with Gasteiger partial charge in [0.1, 0.15) is 11.6 Å². The monoisotopic (exact) mass is 520 g/mol. The maximum absolute atomic E-state index is 14.6. The van der Waals surface area contributed by atoms with Crippen LogP contribution < -0.4 is 10.9 Å². The number of aromatic nitrogens is 3. The molecule has 6 nitrogen and oxygen atoms in total. The Bertz CT molecular complexity index is 1650. The summed E-state index contributed by atoms with van der Waals surface area (Å²) in [5.74, 6) is -2.14. The zero-order valence-corrected chi connectivity index (χ0v) is 20.5. The Morgan fingerprint density at radius 3 is 2.61 bits per heavy atom. The number of anilines is 1. The molecule has 0 aliphatic carbocycles. The number of amides is 1. The Morgan fingerprint density at radius 1 is 1.06 bits per heavy atom. The molecule has 36 heavy (non-hydrogen) atoms. The first-order valence-electron chi connectivity index (χ1n) is 10.8. The lowest BCUT2D eigenvalue weighted by Crippen LogP contribution is -2.23. The van der Waals surface area contributed by atoms with Crippen LogP contribution in [0.5, 0.6) is 0 Å². The molecule has 0 unspecified atom stereocenters. The fraction of sp³-hybridized carbons (Fsp3) is 0.0769. The number of thioether (sulfide) groups is 1. The van der Waals surface area contributed by atoms with Crippen molar-refractivity contribution in [1.82, 2.24) is 14.5 Å². The molecule has 1 N–H and O–H groups in total. The van der Waals surface area contributed by atoms with Crippen LogP contribution in [0.3, 0.4) is 0 Å². The van der Waals surface area contributed by atoms with Gasteiger partial charge in [0.25, 0.3) is 5.56 Å². The highest BCUT2D eigenvalue weighted by Crippen LogP contribution is 2.27. The molecule has 0 atom stereocenters. The number of nitrogens with zero attached hydrogens (tertiary/aromatic N) is 3. The zero-order chi connectivity index (χ0) is 25.2. The molecule has 2 heterocycles. The molecule has 0 bridgehead atoms. The molecule has 0 radical (unpaired) electrons. The first kappa shape index (κ1) is 23.8. The van der Waals surface area contributed by atoms with E-state index in [1.54, 1.807) is 24.3 Å². The summed E-state index contributed by atoms with van der Waals surface area (Å²) in [5.41, 5.74) is 2.58. The maximum Gasteiger partial charge on any atom is 0.266 e. The second-order valence-electron chi connectivity index (χ2n) is 7.89. The average molecular weight is 521 g/mol. The van der Waals surface area contributed by atoms with E-state index in [1.165, 1.54) is 17.4 Å². The number of halogens is 2. The van der Waals surface area contributed by atoms with Crippen LogP contribution in [0, 0.1) is 18.6 Å². The Balaban J connectivity index is 1.40. The smallest absolute Gasteiger partial charge is 0.266 e. The molecule has 0 saturated carbocycles. The summed E-state index contributed by atoms with van der Waals surface area (Å²) in [4.78, 5) is 34.8. The summed E-state index contributed by atoms with van der Waals surface area (Å²) in [6.07, 6.45) is 0. The van der Waals surface area contributed by atoms with Gasteiger partial charge in [-0.2, -0.15) is 0 Å². The molecule has 0 aliphatic rings. The number of para-hydroxylation sites is 1. The normalized spacial score (nSPS) is 11.1. The fourth-order valence-corrected chi connectivity index (χ4v) is 5.10. The molecule has 0 saturated heterocycles. The Hall–Kier alpha value is -3.89. The predicted octanol–water partition coefficient (Wildman–Crippen LogP) is 5.83. The third-order valence-corrected chi connectivity index (χ3v) is 7.02. The quantitative estimate of drug-likeness (QED) is 0.225. The molecular formula is C26H18F2N4O2S2. The van der Waals surface area contributed by atoms with E-state index < -0.39 is 17.2 Å². The Kier molecular flexibility index (Phi) is 6.62. The maximum atomic E-state index is 14.6. The van der Waals surface area contributed by atoms with Crippen molar-refractivity contribution >= 4 is 45.0 Å². The predicted molar refractivity (Wildman–Crippen MR) is 139 cm³/mol. The number of hydrogen-bond acceptors (Lipinski definition) is 6. The van der Waals surface area contributed by atoms with Crippen LogP contribution in [-0.2, 0) is 4.79 Å². The van der Waals surface area contributed by atoms with E-state index in [0.717, 1.165) is 39.2 Å². The number of carbonyl (C=O) groups excluding carboxylic acids is 1. The number of fused-ring (bicyclic) bond motifs is 1. The number of thiazole rings is 1. The molecule has 10 heteroatoms. The first-order valence-corrected chi connectivity index (χ1v) is 12.7. The second kappa shape index (κ2) is 10.00. The van der Waals surface area contributed by atoms with Crippen molar-refractivity contribution in [2.45, 2.75) is 12.1 Å². The van der Waals surface area contributed by atoms with Crippen molar-refractivity contribution < 1.29 is 13.6 Å². The van der Waals surface area contributed by atoms with E-state index in [-0.39, 0.29) is 27.9 Å². The van der Waals surface area contributed by atoms with E-state index in [0.29, 0.717) is 16.7 Å². The van der Waals surface area contributed by atoms with Gasteiger partial charge in [-0.05, 0) is 31.2 Å². The zero-order valence-electron chi connectivity index (χ0n) is 18.9. The van der Waals surface area contributed by atoms with Gasteiger partial charge in [0.2, 0.25) is 5.91 Å². The van der Waals surface area contributed by atoms with Gasteiger partial charge in [-0.3, -0.25) is 14.2 Å². The van der Waals surface area contributed by atoms with Crippen LogP contribution in [0.15, 0.2) is 82.1 Å². The summed E-state index contributed by atoms with van der Waals surface area (Å²) in [7, 11) is 0. The van der Waals surface area contributed by atoms with Gasteiger partial charge in [0.05, 0.1) is 28.0 Å². The molecule has 1 amide bonds. The third-order valence-electron chi connectivity index (χ3n) is 5.33. The number of aryl methyl sites for hydroxylation is 1. The van der Waals surface area contributed by atoms with Gasteiger partial charge in [0.15, 0.2) is 10.3 Å². The number of hydrogen-bond donors (Lipinski definition) is 1. The van der Waals surface area contributed by atoms with Gasteiger partial charge >= 0.3 is 0 Å². The van der Waals surface area contributed by atoms with Crippen LogP contribution in [0.4, 0.5) is 13.9 Å². The number of benzene rings is 3. The van der Waals surface area contributed by atoms with E-state index in [9.17, 15) is 18.4 Å². The van der Waals surface area contributed by atoms with E-state index in [2.05, 4.69) is 15.3 Å². The Labute approximate surface area is 212 Å². The molecule has 0 spiro atoms. The first-order chi connectivity index (χ1) is 17.4. The number of nitrogens with one attached hydrogen (secondary N) is 1. The van der Waals surface area contributed by atoms with Crippen LogP contribution in [0.1, 0.15) is 5.56 Å². The number of rotatable bonds is 6. The summed E-state index contributed by atoms with van der Waals surface area (Å²) in [6, 6.07) is 17.5. The van der Waals surface area contributed by atoms with Crippen molar-refractivity contribution in [2.24, 2.45) is 0 Å². The highest BCUT2D eigenvalue weighted by molar-refractivity contribution is 7.99. The highest BCUT2D eigenvalue weighted by Gasteiger charge is 2.18. The topological polar surface area (TPSA) is 76.9 Å². The van der Waals surface area contributed by atoms with Gasteiger partial charge in [-0.15, -0.1) is 11.3 Å². The van der Waals surface area contributed by atoms with E-state index in [1.807, 2.05) is 36.6 Å². The van der Waals surface area contributed by atoms with Gasteiger partial charge in [0, 0.05) is 17.0 Å². The molecule has 0 fully saturated rings. The molecule has 5 rings (SSSR count). The van der Waals surface area contributed by atoms with Crippen molar-refractivity contribution in [3.05, 3.63) is 99.7 Å². The Morgan fingerprint density at radius 2 is 1.83 bits per heavy atom. The molecule has 5 aromatic rings. The minimum absolute atomic E-state index is 0.104. The summed E-state index contributed by atoms with van der Waals surface area (Å²) < 4.78 is 29.2. The molecule has 2 aromatic heterocycles. The minimum Gasteiger partial charge on any atom is -0.301 e. The standard InChI is InChI=1S/C26H18F2N4O2S2/c1-15-6-8-16(9-7-15)21-13-35-25(29-21)31-23(33)14-36-26-30-20-5-3-2-4-18(20)24(34)32(26)22-11-10-17(27)12-19(22)28/h2-13H,14H2,1H3,(H,29,31,33). The lowest BCUT2D eigenvalue weighted by Gasteiger charge is -2.13. The lowest BCUT2D eigenvalue weighted by molar-refractivity contribution is -0.113. The minimum atomic E-state index is -0.910. The summed E-state index contributed by atoms with van der Waals surface area (Å²) in [5, 5.41) is 5.43. The van der Waals surface area contributed by atoms with Crippen LogP contribution >= 0.6 is 23.1 Å². The fourth-order valence-electron chi connectivity index (χ4n) is 3.56. The summed E-state index contributed by atoms with van der Waals surface area (Å²) >= 11 is 2.27. The van der Waals surface area contributed by atoms with E-state index in [4.69, 9.17) is 0 Å². The van der Waals surface area contributed by atoms with Crippen molar-refractivity contribution in [3.8, 4) is 16.9 Å². The molecule has 0 aliphatic heterocycles. The number of carbonyl (C=O) groups is 1. The van der Waals surface area contributed by atoms with Crippen molar-refractivity contribution in [1.29, 1.82) is 0 Å². The highest BCUT2D eigenvalue weighted by atomic mass is 32.2. The summed E-state index contributed by atoms with van der Waals surface area (Å²) in [6.45, 7) is 2.00. The third kappa shape index (κ3) is 4.91. The van der Waals surface area contributed by atoms with Crippen molar-refractivity contribution in [3.63, 3.8) is 0 Å². The van der Waals surface area contributed by atoms with Crippen LogP contribution in [-0.4, -0.2) is 26.2 Å². The lowest BCUT2D eigenvalue weighted by atomic mass is 10.1. The van der Waals surface area contributed by atoms with E-state index >= 15 is 0 Å². The SMILES string of the molecule is Cc1ccc(-c2csc(NC(=O)CSc3nc4ccccc4c(=O)n3-c3ccc(F)cc3F)n2)cc1. The van der Waals surface area contributed by atoms with Gasteiger partial charge in [-0.1, -0.05) is 53.7 Å². The van der Waals surface area contributed by atoms with Crippen LogP contribution in [0.25, 0.3) is 27.8 Å². The van der Waals surface area contributed by atoms with Gasteiger partial charge in [-0.25, -0.2) is 18.7 Å². The van der Waals surface area contributed by atoms with Crippen molar-refractivity contribution in [2.75, 3.05) is 11.1 Å². The molecule has 180 valence electrons. The van der Waals surface area contributed by atoms with Gasteiger partial charge < -0.3 is 5.32 Å². The average Bonchev–Trinajstić information content (AvgIpc) is 3.32. The second-order valence-corrected chi connectivity index (χ2v) is 9.69.